The third kappa shape index (κ3) is 4.39. The lowest BCUT2D eigenvalue weighted by Crippen LogP contribution is -2.42. The lowest BCUT2D eigenvalue weighted by atomic mass is 10.1. The van der Waals surface area contributed by atoms with Crippen molar-refractivity contribution in [2.45, 2.75) is 27.5 Å². The molecule has 0 aliphatic carbocycles. The highest BCUT2D eigenvalue weighted by atomic mass is 32.3. The molecule has 0 spiro atoms. The van der Waals surface area contributed by atoms with Crippen molar-refractivity contribution < 1.29 is 21.2 Å². The molecule has 160 valence electrons. The Balaban J connectivity index is 2.15. The van der Waals surface area contributed by atoms with E-state index in [9.17, 15) is 16.8 Å². The Morgan fingerprint density at radius 3 is 1.58 bits per heavy atom. The van der Waals surface area contributed by atoms with Crippen LogP contribution in [0.5, 0.6) is 0 Å². The lowest BCUT2D eigenvalue weighted by molar-refractivity contribution is 0.358. The van der Waals surface area contributed by atoms with E-state index in [4.69, 9.17) is 0 Å². The summed E-state index contributed by atoms with van der Waals surface area (Å²) < 4.78 is 65.6. The van der Waals surface area contributed by atoms with Crippen LogP contribution in [0.25, 0.3) is 5.57 Å². The number of sulfone groups is 2. The summed E-state index contributed by atoms with van der Waals surface area (Å²) in [6, 6.07) is 22.6. The minimum Gasteiger partial charge on any atom is -0.219 e. The molecule has 0 fully saturated rings. The van der Waals surface area contributed by atoms with E-state index in [1.54, 1.807) is 19.1 Å². The van der Waals surface area contributed by atoms with Crippen LogP contribution in [0.1, 0.15) is 18.9 Å². The molecule has 0 aromatic heterocycles. The van der Waals surface area contributed by atoms with Gasteiger partial charge in [-0.2, -0.15) is 0 Å². The predicted octanol–water partition coefficient (Wildman–Crippen LogP) is 5.21. The van der Waals surface area contributed by atoms with Gasteiger partial charge in [0, 0.05) is 6.42 Å². The van der Waals surface area contributed by atoms with E-state index in [2.05, 4.69) is 5.73 Å². The molecule has 0 amide bonds. The largest absolute Gasteiger partial charge is 0.321 e. The SMILES string of the molecule is CC(=C=CCC(F)(S(=O)(=O)c1ccccc1)S(=O)(=O)c1ccccc1)c1ccccc1. The van der Waals surface area contributed by atoms with E-state index in [0.717, 1.165) is 11.6 Å². The van der Waals surface area contributed by atoms with Crippen molar-refractivity contribution in [3.8, 4) is 0 Å². The van der Waals surface area contributed by atoms with Crippen molar-refractivity contribution in [2.75, 3.05) is 0 Å². The summed E-state index contributed by atoms with van der Waals surface area (Å²) in [5.41, 5.74) is 4.25. The highest BCUT2D eigenvalue weighted by molar-refractivity contribution is 8.10. The third-order valence-corrected chi connectivity index (χ3v) is 9.82. The molecule has 0 aliphatic heterocycles. The summed E-state index contributed by atoms with van der Waals surface area (Å²) in [7, 11) is -9.81. The number of allylic oxidation sites excluding steroid dienone is 1. The molecule has 0 bridgehead atoms. The second kappa shape index (κ2) is 9.02. The van der Waals surface area contributed by atoms with Crippen molar-refractivity contribution >= 4 is 25.2 Å². The summed E-state index contributed by atoms with van der Waals surface area (Å²) in [4.78, 5) is -0.816. The summed E-state index contributed by atoms with van der Waals surface area (Å²) in [6.45, 7) is 1.73. The highest BCUT2D eigenvalue weighted by Gasteiger charge is 2.56. The number of alkyl halides is 1. The van der Waals surface area contributed by atoms with Crippen LogP contribution in [-0.4, -0.2) is 21.2 Å². The van der Waals surface area contributed by atoms with Gasteiger partial charge >= 0.3 is 4.33 Å². The molecule has 0 saturated carbocycles. The molecular formula is C24H21FO4S2. The first-order valence-electron chi connectivity index (χ1n) is 9.45. The van der Waals surface area contributed by atoms with Crippen molar-refractivity contribution in [3.63, 3.8) is 0 Å². The van der Waals surface area contributed by atoms with E-state index in [-0.39, 0.29) is 0 Å². The second-order valence-corrected chi connectivity index (χ2v) is 11.3. The fourth-order valence-electron chi connectivity index (χ4n) is 3.01. The van der Waals surface area contributed by atoms with Gasteiger partial charge in [0.1, 0.15) is 0 Å². The van der Waals surface area contributed by atoms with E-state index >= 15 is 4.39 Å². The van der Waals surface area contributed by atoms with Crippen LogP contribution in [0.15, 0.2) is 113 Å². The van der Waals surface area contributed by atoms with E-state index in [1.807, 2.05) is 30.3 Å². The smallest absolute Gasteiger partial charge is 0.219 e. The topological polar surface area (TPSA) is 68.3 Å². The summed E-state index contributed by atoms with van der Waals surface area (Å²) in [6.07, 6.45) is 0.217. The predicted molar refractivity (Wildman–Crippen MR) is 119 cm³/mol. The zero-order valence-electron chi connectivity index (χ0n) is 16.8. The minimum atomic E-state index is -4.90. The molecule has 31 heavy (non-hydrogen) atoms. The molecule has 0 saturated heterocycles. The molecule has 0 atom stereocenters. The molecule has 0 heterocycles. The molecule has 7 heteroatoms. The van der Waals surface area contributed by atoms with Crippen molar-refractivity contribution in [2.24, 2.45) is 0 Å². The van der Waals surface area contributed by atoms with Crippen molar-refractivity contribution in [1.82, 2.24) is 0 Å². The van der Waals surface area contributed by atoms with Gasteiger partial charge in [-0.3, -0.25) is 0 Å². The van der Waals surface area contributed by atoms with E-state index < -0.39 is 40.2 Å². The molecule has 3 rings (SSSR count). The molecule has 0 aliphatic rings. The van der Waals surface area contributed by atoms with Gasteiger partial charge in [0.15, 0.2) is 0 Å². The van der Waals surface area contributed by atoms with Gasteiger partial charge in [0.05, 0.1) is 9.79 Å². The number of benzene rings is 3. The maximum Gasteiger partial charge on any atom is 0.321 e. The quantitative estimate of drug-likeness (QED) is 0.458. The van der Waals surface area contributed by atoms with Gasteiger partial charge in [-0.25, -0.2) is 21.2 Å². The second-order valence-electron chi connectivity index (χ2n) is 6.84. The molecule has 0 unspecified atom stereocenters. The van der Waals surface area contributed by atoms with Gasteiger partial charge in [-0.15, -0.1) is 5.73 Å². The van der Waals surface area contributed by atoms with Gasteiger partial charge in [0.25, 0.3) is 0 Å². The Labute approximate surface area is 182 Å². The van der Waals surface area contributed by atoms with E-state index in [0.29, 0.717) is 5.57 Å². The molecule has 4 nitrogen and oxygen atoms in total. The van der Waals surface area contributed by atoms with Gasteiger partial charge < -0.3 is 0 Å². The van der Waals surface area contributed by atoms with Crippen LogP contribution in [0, 0.1) is 0 Å². The van der Waals surface area contributed by atoms with Crippen LogP contribution in [0.4, 0.5) is 4.39 Å². The number of rotatable bonds is 7. The number of hydrogen-bond donors (Lipinski definition) is 0. The minimum absolute atomic E-state index is 0.408. The normalized spacial score (nSPS) is 12.1. The Bertz CT molecular complexity index is 1240. The zero-order valence-corrected chi connectivity index (χ0v) is 18.4. The monoisotopic (exact) mass is 456 g/mol. The number of hydrogen-bond acceptors (Lipinski definition) is 4. The van der Waals surface area contributed by atoms with Crippen LogP contribution >= 0.6 is 0 Å². The number of halogens is 1. The van der Waals surface area contributed by atoms with Gasteiger partial charge in [-0.1, -0.05) is 66.7 Å². The highest BCUT2D eigenvalue weighted by Crippen LogP contribution is 2.40. The average molecular weight is 457 g/mol. The van der Waals surface area contributed by atoms with E-state index in [1.165, 1.54) is 48.5 Å². The van der Waals surface area contributed by atoms with Crippen molar-refractivity contribution in [3.05, 3.63) is 108 Å². The molecule has 3 aromatic carbocycles. The lowest BCUT2D eigenvalue weighted by Gasteiger charge is -2.24. The Hall–Kier alpha value is -2.99. The third-order valence-electron chi connectivity index (χ3n) is 4.78. The standard InChI is InChI=1S/C24H21FO4S2/c1-20(21-13-5-2-6-14-21)12-11-19-24(25,30(26,27)22-15-7-3-8-16-22)31(28,29)23-17-9-4-10-18-23/h2-11,13-18H,19H2,1H3. The first kappa shape index (κ1) is 22.7. The molecule has 0 N–H and O–H groups in total. The Kier molecular flexibility index (Phi) is 6.60. The van der Waals surface area contributed by atoms with Crippen LogP contribution in [-0.2, 0) is 19.7 Å². The van der Waals surface area contributed by atoms with Crippen LogP contribution < -0.4 is 0 Å². The Morgan fingerprint density at radius 2 is 1.16 bits per heavy atom. The first-order chi connectivity index (χ1) is 14.7. The summed E-state index contributed by atoms with van der Waals surface area (Å²) in [5, 5.41) is 0. The maximum atomic E-state index is 16.3. The average Bonchev–Trinajstić information content (AvgIpc) is 2.80. The molecule has 3 aromatic rings. The molecule has 0 radical (unpaired) electrons. The summed E-state index contributed by atoms with van der Waals surface area (Å²) >= 11 is 0. The van der Waals surface area contributed by atoms with Crippen LogP contribution in [0.2, 0.25) is 0 Å². The van der Waals surface area contributed by atoms with Gasteiger partial charge in [0.2, 0.25) is 19.7 Å². The fourth-order valence-corrected chi connectivity index (χ4v) is 7.09. The summed E-state index contributed by atoms with van der Waals surface area (Å²) in [5.74, 6) is 0. The Morgan fingerprint density at radius 1 is 0.774 bits per heavy atom. The van der Waals surface area contributed by atoms with Gasteiger partial charge in [-0.05, 0) is 48.4 Å². The van der Waals surface area contributed by atoms with Crippen molar-refractivity contribution in [1.29, 1.82) is 0 Å². The fraction of sp³-hybridized carbons (Fsp3) is 0.125. The maximum absolute atomic E-state index is 16.3. The first-order valence-corrected chi connectivity index (χ1v) is 12.4. The molecular weight excluding hydrogens is 435 g/mol. The van der Waals surface area contributed by atoms with Crippen LogP contribution in [0.3, 0.4) is 0 Å². The zero-order chi connectivity index (χ0) is 22.5.